The molecule has 5 nitrogen and oxygen atoms in total. The topological polar surface area (TPSA) is 78.4 Å². The van der Waals surface area contributed by atoms with Crippen LogP contribution >= 0.6 is 0 Å². The third-order valence-electron chi connectivity index (χ3n) is 3.44. The Hall–Kier alpha value is -2.04. The van der Waals surface area contributed by atoms with Crippen LogP contribution in [0.3, 0.4) is 0 Å². The first-order valence-corrected chi connectivity index (χ1v) is 6.46. The average Bonchev–Trinajstić information content (AvgIpc) is 2.75. The van der Waals surface area contributed by atoms with Gasteiger partial charge in [-0.25, -0.2) is 9.59 Å². The number of hydrogen-bond donors (Lipinski definition) is 3. The van der Waals surface area contributed by atoms with Crippen LogP contribution in [0.25, 0.3) is 0 Å². The lowest BCUT2D eigenvalue weighted by molar-refractivity contribution is 0.0698. The summed E-state index contributed by atoms with van der Waals surface area (Å²) in [5.41, 5.74) is 0.413. The zero-order valence-corrected chi connectivity index (χ0v) is 10.8. The Balaban J connectivity index is 1.97. The molecule has 102 valence electrons. The van der Waals surface area contributed by atoms with Crippen LogP contribution in [0.4, 0.5) is 10.5 Å². The predicted molar refractivity (Wildman–Crippen MR) is 72.4 cm³/mol. The van der Waals surface area contributed by atoms with Gasteiger partial charge in [-0.2, -0.15) is 0 Å². The molecule has 0 spiro atoms. The van der Waals surface area contributed by atoms with E-state index < -0.39 is 5.97 Å². The summed E-state index contributed by atoms with van der Waals surface area (Å²) in [6.45, 7) is 2.17. The summed E-state index contributed by atoms with van der Waals surface area (Å²) in [6, 6.07) is 6.22. The van der Waals surface area contributed by atoms with Crippen molar-refractivity contribution in [2.75, 3.05) is 5.32 Å². The molecule has 0 aromatic heterocycles. The number of benzene rings is 1. The summed E-state index contributed by atoms with van der Waals surface area (Å²) in [4.78, 5) is 22.9. The molecule has 2 atom stereocenters. The normalized spacial score (nSPS) is 21.9. The van der Waals surface area contributed by atoms with Crippen LogP contribution in [-0.4, -0.2) is 23.1 Å². The van der Waals surface area contributed by atoms with Crippen LogP contribution in [-0.2, 0) is 0 Å². The summed E-state index contributed by atoms with van der Waals surface area (Å²) >= 11 is 0. The number of urea groups is 1. The molecule has 2 rings (SSSR count). The predicted octanol–water partition coefficient (Wildman–Crippen LogP) is 2.69. The molecule has 5 heteroatoms. The van der Waals surface area contributed by atoms with Crippen molar-refractivity contribution < 1.29 is 14.7 Å². The second kappa shape index (κ2) is 5.73. The minimum atomic E-state index is -1.05. The molecule has 1 fully saturated rings. The van der Waals surface area contributed by atoms with E-state index in [0.717, 1.165) is 19.3 Å². The Morgan fingerprint density at radius 2 is 2.00 bits per heavy atom. The van der Waals surface area contributed by atoms with Crippen molar-refractivity contribution in [3.05, 3.63) is 29.8 Å². The molecule has 1 saturated carbocycles. The fourth-order valence-corrected chi connectivity index (χ4v) is 2.46. The highest BCUT2D eigenvalue weighted by Crippen LogP contribution is 2.24. The molecule has 3 N–H and O–H groups in total. The number of aromatic carboxylic acids is 1. The third-order valence-corrected chi connectivity index (χ3v) is 3.44. The Kier molecular flexibility index (Phi) is 4.04. The Morgan fingerprint density at radius 1 is 1.26 bits per heavy atom. The zero-order valence-electron chi connectivity index (χ0n) is 10.8. The Labute approximate surface area is 112 Å². The lowest BCUT2D eigenvalue weighted by Gasteiger charge is -2.14. The molecule has 2 amide bonds. The summed E-state index contributed by atoms with van der Waals surface area (Å²) in [5, 5.41) is 14.5. The molecule has 0 radical (unpaired) electrons. The van der Waals surface area contributed by atoms with E-state index in [1.807, 2.05) is 0 Å². The van der Waals surface area contributed by atoms with E-state index in [1.54, 1.807) is 18.2 Å². The highest BCUT2D eigenvalue weighted by Gasteiger charge is 2.23. The molecular formula is C14H18N2O3. The number of para-hydroxylation sites is 1. The maximum absolute atomic E-state index is 11.8. The molecule has 1 aromatic carbocycles. The van der Waals surface area contributed by atoms with Crippen molar-refractivity contribution in [3.8, 4) is 0 Å². The first-order chi connectivity index (χ1) is 9.06. The molecule has 0 bridgehead atoms. The second-order valence-corrected chi connectivity index (χ2v) is 5.06. The zero-order chi connectivity index (χ0) is 13.8. The van der Waals surface area contributed by atoms with Gasteiger partial charge in [-0.15, -0.1) is 0 Å². The van der Waals surface area contributed by atoms with Gasteiger partial charge in [0.1, 0.15) is 0 Å². The molecule has 1 aliphatic carbocycles. The monoisotopic (exact) mass is 262 g/mol. The van der Waals surface area contributed by atoms with Gasteiger partial charge >= 0.3 is 12.0 Å². The summed E-state index contributed by atoms with van der Waals surface area (Å²) in [5.74, 6) is -0.415. The van der Waals surface area contributed by atoms with E-state index in [0.29, 0.717) is 11.6 Å². The van der Waals surface area contributed by atoms with Gasteiger partial charge in [0.15, 0.2) is 0 Å². The standard InChI is InChI=1S/C14H18N2O3/c1-9-6-7-10(8-9)15-14(19)16-12-5-3-2-4-11(12)13(17)18/h2-5,9-10H,6-8H2,1H3,(H,17,18)(H2,15,16,19). The first-order valence-electron chi connectivity index (χ1n) is 6.46. The molecule has 1 aromatic rings. The highest BCUT2D eigenvalue weighted by molar-refractivity contribution is 6.00. The van der Waals surface area contributed by atoms with E-state index in [9.17, 15) is 9.59 Å². The average molecular weight is 262 g/mol. The quantitative estimate of drug-likeness (QED) is 0.783. The fraction of sp³-hybridized carbons (Fsp3) is 0.429. The van der Waals surface area contributed by atoms with Crippen LogP contribution in [0.2, 0.25) is 0 Å². The van der Waals surface area contributed by atoms with Gasteiger partial charge < -0.3 is 15.7 Å². The molecule has 0 aliphatic heterocycles. The van der Waals surface area contributed by atoms with Gasteiger partial charge in [0.2, 0.25) is 0 Å². The van der Waals surface area contributed by atoms with Gasteiger partial charge in [-0.05, 0) is 37.3 Å². The summed E-state index contributed by atoms with van der Waals surface area (Å²) < 4.78 is 0. The van der Waals surface area contributed by atoms with E-state index in [-0.39, 0.29) is 17.6 Å². The summed E-state index contributed by atoms with van der Waals surface area (Å²) in [7, 11) is 0. The maximum Gasteiger partial charge on any atom is 0.337 e. The number of carboxylic acid groups (broad SMARTS) is 1. The molecule has 0 heterocycles. The minimum Gasteiger partial charge on any atom is -0.478 e. The van der Waals surface area contributed by atoms with Gasteiger partial charge in [0.05, 0.1) is 11.3 Å². The fourth-order valence-electron chi connectivity index (χ4n) is 2.46. The summed E-state index contributed by atoms with van der Waals surface area (Å²) in [6.07, 6.45) is 3.08. The third kappa shape index (κ3) is 3.47. The van der Waals surface area contributed by atoms with Crippen molar-refractivity contribution in [2.24, 2.45) is 5.92 Å². The molecule has 19 heavy (non-hydrogen) atoms. The number of anilines is 1. The number of carbonyl (C=O) groups excluding carboxylic acids is 1. The van der Waals surface area contributed by atoms with Crippen molar-refractivity contribution >= 4 is 17.7 Å². The van der Waals surface area contributed by atoms with E-state index in [2.05, 4.69) is 17.6 Å². The Bertz CT molecular complexity index is 487. The second-order valence-electron chi connectivity index (χ2n) is 5.06. The first kappa shape index (κ1) is 13.4. The van der Waals surface area contributed by atoms with Crippen LogP contribution in [0.15, 0.2) is 24.3 Å². The van der Waals surface area contributed by atoms with Crippen LogP contribution in [0.1, 0.15) is 36.5 Å². The highest BCUT2D eigenvalue weighted by atomic mass is 16.4. The van der Waals surface area contributed by atoms with E-state index in [4.69, 9.17) is 5.11 Å². The number of hydrogen-bond acceptors (Lipinski definition) is 2. The van der Waals surface area contributed by atoms with Gasteiger partial charge in [0.25, 0.3) is 0 Å². The van der Waals surface area contributed by atoms with E-state index >= 15 is 0 Å². The number of rotatable bonds is 3. The van der Waals surface area contributed by atoms with Crippen LogP contribution in [0.5, 0.6) is 0 Å². The Morgan fingerprint density at radius 3 is 2.63 bits per heavy atom. The van der Waals surface area contributed by atoms with Gasteiger partial charge in [0, 0.05) is 6.04 Å². The van der Waals surface area contributed by atoms with Crippen LogP contribution in [0, 0.1) is 5.92 Å². The molecule has 1 aliphatic rings. The number of amides is 2. The van der Waals surface area contributed by atoms with Gasteiger partial charge in [-0.1, -0.05) is 19.1 Å². The number of carboxylic acids is 1. The van der Waals surface area contributed by atoms with E-state index in [1.165, 1.54) is 6.07 Å². The SMILES string of the molecule is CC1CCC(NC(=O)Nc2ccccc2C(=O)O)C1. The van der Waals surface area contributed by atoms with Crippen molar-refractivity contribution in [3.63, 3.8) is 0 Å². The molecule has 0 saturated heterocycles. The smallest absolute Gasteiger partial charge is 0.337 e. The molecule has 2 unspecified atom stereocenters. The molecular weight excluding hydrogens is 244 g/mol. The van der Waals surface area contributed by atoms with Crippen LogP contribution < -0.4 is 10.6 Å². The van der Waals surface area contributed by atoms with Crippen molar-refractivity contribution in [1.29, 1.82) is 0 Å². The minimum absolute atomic E-state index is 0.0949. The van der Waals surface area contributed by atoms with Crippen molar-refractivity contribution in [2.45, 2.75) is 32.2 Å². The largest absolute Gasteiger partial charge is 0.478 e. The number of carbonyl (C=O) groups is 2. The van der Waals surface area contributed by atoms with Crippen molar-refractivity contribution in [1.82, 2.24) is 5.32 Å². The van der Waals surface area contributed by atoms with Gasteiger partial charge in [-0.3, -0.25) is 0 Å². The lowest BCUT2D eigenvalue weighted by Crippen LogP contribution is -2.36. The number of nitrogens with one attached hydrogen (secondary N) is 2. The lowest BCUT2D eigenvalue weighted by atomic mass is 10.1. The maximum atomic E-state index is 11.8.